The van der Waals surface area contributed by atoms with E-state index in [4.69, 9.17) is 21.1 Å². The van der Waals surface area contributed by atoms with Gasteiger partial charge in [0, 0.05) is 57.5 Å². The van der Waals surface area contributed by atoms with Crippen LogP contribution < -0.4 is 0 Å². The van der Waals surface area contributed by atoms with Crippen molar-refractivity contribution in [1.29, 1.82) is 0 Å². The molecule has 3 fully saturated rings. The summed E-state index contributed by atoms with van der Waals surface area (Å²) in [6.45, 7) is 9.40. The van der Waals surface area contributed by atoms with Gasteiger partial charge in [-0.25, -0.2) is 8.42 Å². The van der Waals surface area contributed by atoms with Crippen LogP contribution in [0.4, 0.5) is 0 Å². The SMILES string of the molecule is COC1CCN(CCN2CCCCC2)C1.O=C(c1[nH]nc2c1CS(=O)(=O)c1c(Cl)cccc1-2)N1CCOCC1. The molecule has 10 nitrogen and oxygen atoms in total. The zero-order valence-corrected chi connectivity index (χ0v) is 24.1. The number of amides is 1. The molecule has 39 heavy (non-hydrogen) atoms. The average molecular weight is 580 g/mol. The number of sulfone groups is 1. The molecule has 1 amide bonds. The molecule has 0 radical (unpaired) electrons. The molecule has 3 saturated heterocycles. The lowest BCUT2D eigenvalue weighted by Gasteiger charge is -2.28. The van der Waals surface area contributed by atoms with E-state index in [1.165, 1.54) is 64.5 Å². The molecular formula is C27H38ClN5O5S. The fraction of sp³-hybridized carbons (Fsp3) is 0.630. The first-order valence-electron chi connectivity index (χ1n) is 13.8. The maximum absolute atomic E-state index is 12.7. The van der Waals surface area contributed by atoms with Crippen molar-refractivity contribution < 1.29 is 22.7 Å². The number of halogens is 1. The number of benzene rings is 1. The van der Waals surface area contributed by atoms with Gasteiger partial charge in [-0.3, -0.25) is 14.8 Å². The third kappa shape index (κ3) is 6.49. The van der Waals surface area contributed by atoms with Crippen molar-refractivity contribution in [1.82, 2.24) is 24.9 Å². The molecule has 1 aromatic carbocycles. The number of aromatic amines is 1. The Labute approximate surface area is 235 Å². The molecule has 4 aliphatic rings. The molecule has 1 atom stereocenters. The van der Waals surface area contributed by atoms with Crippen LogP contribution in [0.2, 0.25) is 5.02 Å². The number of ether oxygens (including phenoxy) is 2. The van der Waals surface area contributed by atoms with Crippen LogP contribution in [-0.2, 0) is 25.1 Å². The minimum atomic E-state index is -3.63. The highest BCUT2D eigenvalue weighted by molar-refractivity contribution is 7.91. The second kappa shape index (κ2) is 12.7. The topological polar surface area (TPSA) is 108 Å². The molecule has 0 spiro atoms. The third-order valence-corrected chi connectivity index (χ3v) is 10.1. The normalized spacial score (nSPS) is 23.0. The molecule has 4 aliphatic heterocycles. The summed E-state index contributed by atoms with van der Waals surface area (Å²) in [6.07, 6.45) is 5.95. The maximum Gasteiger partial charge on any atom is 0.272 e. The lowest BCUT2D eigenvalue weighted by molar-refractivity contribution is 0.0298. The number of hydrogen-bond acceptors (Lipinski definition) is 8. The molecule has 5 heterocycles. The fourth-order valence-corrected chi connectivity index (χ4v) is 7.96. The number of carbonyl (C=O) groups is 1. The average Bonchev–Trinajstić information content (AvgIpc) is 3.59. The highest BCUT2D eigenvalue weighted by Crippen LogP contribution is 2.41. The zero-order valence-electron chi connectivity index (χ0n) is 22.5. The van der Waals surface area contributed by atoms with E-state index in [1.807, 2.05) is 7.11 Å². The predicted molar refractivity (Wildman–Crippen MR) is 149 cm³/mol. The number of carbonyl (C=O) groups excluding carboxylic acids is 1. The number of methoxy groups -OCH3 is 1. The van der Waals surface area contributed by atoms with Gasteiger partial charge >= 0.3 is 0 Å². The van der Waals surface area contributed by atoms with Gasteiger partial charge in [0.1, 0.15) is 5.69 Å². The smallest absolute Gasteiger partial charge is 0.272 e. The first-order chi connectivity index (χ1) is 18.9. The summed E-state index contributed by atoms with van der Waals surface area (Å²) < 4.78 is 35.9. The predicted octanol–water partition coefficient (Wildman–Crippen LogP) is 2.68. The number of H-pyrrole nitrogens is 1. The molecule has 1 aromatic heterocycles. The van der Waals surface area contributed by atoms with E-state index in [0.717, 1.165) is 6.54 Å². The van der Waals surface area contributed by atoms with Gasteiger partial charge in [0.05, 0.1) is 40.7 Å². The number of rotatable bonds is 5. The van der Waals surface area contributed by atoms with E-state index in [2.05, 4.69) is 20.0 Å². The van der Waals surface area contributed by atoms with E-state index in [9.17, 15) is 13.2 Å². The third-order valence-electron chi connectivity index (χ3n) is 7.99. The van der Waals surface area contributed by atoms with Crippen molar-refractivity contribution in [3.05, 3.63) is 34.5 Å². The Kier molecular flexibility index (Phi) is 9.25. The first kappa shape index (κ1) is 28.5. The van der Waals surface area contributed by atoms with Crippen LogP contribution in [0.25, 0.3) is 11.3 Å². The number of morpholine rings is 1. The zero-order chi connectivity index (χ0) is 27.4. The second-order valence-electron chi connectivity index (χ2n) is 10.6. The van der Waals surface area contributed by atoms with E-state index in [1.54, 1.807) is 17.0 Å². The van der Waals surface area contributed by atoms with Gasteiger partial charge in [-0.05, 0) is 38.4 Å². The first-order valence-corrected chi connectivity index (χ1v) is 15.8. The molecule has 214 valence electrons. The number of likely N-dealkylation sites (tertiary alicyclic amines) is 2. The van der Waals surface area contributed by atoms with Gasteiger partial charge in [-0.15, -0.1) is 0 Å². The van der Waals surface area contributed by atoms with Crippen LogP contribution in [-0.4, -0.2) is 118 Å². The second-order valence-corrected chi connectivity index (χ2v) is 12.9. The van der Waals surface area contributed by atoms with Crippen LogP contribution in [0.15, 0.2) is 23.1 Å². The molecule has 1 N–H and O–H groups in total. The minimum absolute atomic E-state index is 0.0797. The van der Waals surface area contributed by atoms with Gasteiger partial charge in [0.25, 0.3) is 5.91 Å². The van der Waals surface area contributed by atoms with Crippen LogP contribution in [0.1, 0.15) is 41.7 Å². The summed E-state index contributed by atoms with van der Waals surface area (Å²) in [5.74, 6) is -0.547. The van der Waals surface area contributed by atoms with Gasteiger partial charge in [0.2, 0.25) is 0 Å². The molecule has 0 saturated carbocycles. The lowest BCUT2D eigenvalue weighted by Crippen LogP contribution is -2.41. The molecule has 12 heteroatoms. The molecular weight excluding hydrogens is 542 g/mol. The Balaban J connectivity index is 0.000000177. The fourth-order valence-electron chi connectivity index (χ4n) is 5.76. The highest BCUT2D eigenvalue weighted by atomic mass is 35.5. The summed E-state index contributed by atoms with van der Waals surface area (Å²) in [4.78, 5) is 19.6. The van der Waals surface area contributed by atoms with Gasteiger partial charge in [-0.1, -0.05) is 30.2 Å². The maximum atomic E-state index is 12.7. The van der Waals surface area contributed by atoms with E-state index < -0.39 is 9.84 Å². The van der Waals surface area contributed by atoms with Crippen molar-refractivity contribution in [2.45, 2.75) is 42.4 Å². The number of nitrogens with one attached hydrogen (secondary N) is 1. The van der Waals surface area contributed by atoms with Crippen LogP contribution in [0.3, 0.4) is 0 Å². The Bertz CT molecular complexity index is 1260. The lowest BCUT2D eigenvalue weighted by atomic mass is 10.1. The summed E-state index contributed by atoms with van der Waals surface area (Å²) in [7, 11) is -1.80. The number of hydrogen-bond donors (Lipinski definition) is 1. The van der Waals surface area contributed by atoms with Gasteiger partial charge < -0.3 is 19.3 Å². The molecule has 0 aliphatic carbocycles. The Morgan fingerprint density at radius 2 is 1.85 bits per heavy atom. The highest BCUT2D eigenvalue weighted by Gasteiger charge is 2.36. The largest absolute Gasteiger partial charge is 0.380 e. The summed E-state index contributed by atoms with van der Waals surface area (Å²) in [5.41, 5.74) is 1.53. The van der Waals surface area contributed by atoms with Crippen molar-refractivity contribution >= 4 is 27.3 Å². The monoisotopic (exact) mass is 579 g/mol. The van der Waals surface area contributed by atoms with Crippen molar-refractivity contribution in [2.75, 3.05) is 72.7 Å². The van der Waals surface area contributed by atoms with Gasteiger partial charge in [0.15, 0.2) is 9.84 Å². The molecule has 6 rings (SSSR count). The van der Waals surface area contributed by atoms with Crippen LogP contribution in [0.5, 0.6) is 0 Å². The van der Waals surface area contributed by atoms with Crippen molar-refractivity contribution in [3.63, 3.8) is 0 Å². The minimum Gasteiger partial charge on any atom is -0.380 e. The van der Waals surface area contributed by atoms with Crippen LogP contribution in [0, 0.1) is 0 Å². The van der Waals surface area contributed by atoms with E-state index in [-0.39, 0.29) is 27.3 Å². The number of aromatic nitrogens is 2. The Hall–Kier alpha value is -2.02. The van der Waals surface area contributed by atoms with Crippen molar-refractivity contribution in [2.24, 2.45) is 0 Å². The number of fused-ring (bicyclic) bond motifs is 3. The number of nitrogens with zero attached hydrogens (tertiary/aromatic N) is 4. The summed E-state index contributed by atoms with van der Waals surface area (Å²) >= 11 is 6.08. The molecule has 0 bridgehead atoms. The standard InChI is InChI=1S/C15H14ClN3O4S.C12H24N2O/c16-11-3-1-2-9-12-10(8-24(21,22)14(9)11)13(18-17-12)15(20)19-4-6-23-7-5-19;1-15-12-5-8-14(11-12)10-9-13-6-3-2-4-7-13/h1-3H,4-8H2,(H,17,18);12H,2-11H2,1H3. The summed E-state index contributed by atoms with van der Waals surface area (Å²) in [5, 5.41) is 7.08. The quantitative estimate of drug-likeness (QED) is 0.576. The van der Waals surface area contributed by atoms with Gasteiger partial charge in [-0.2, -0.15) is 5.10 Å². The number of piperidine rings is 1. The Morgan fingerprint density at radius 3 is 2.56 bits per heavy atom. The Morgan fingerprint density at radius 1 is 1.10 bits per heavy atom. The van der Waals surface area contributed by atoms with E-state index >= 15 is 0 Å². The van der Waals surface area contributed by atoms with Crippen molar-refractivity contribution in [3.8, 4) is 11.3 Å². The van der Waals surface area contributed by atoms with E-state index in [0.29, 0.717) is 49.2 Å². The van der Waals surface area contributed by atoms with Crippen LogP contribution >= 0.6 is 11.6 Å². The summed E-state index contributed by atoms with van der Waals surface area (Å²) in [6, 6.07) is 4.86. The molecule has 1 unspecified atom stereocenters. The molecule has 2 aromatic rings.